The third-order valence-electron chi connectivity index (χ3n) is 2.94. The minimum atomic E-state index is -0.936. The number of piperazine rings is 1. The summed E-state index contributed by atoms with van der Waals surface area (Å²) in [5, 5.41) is 11.8. The fraction of sp³-hybridized carbons (Fsp3) is 0.833. The summed E-state index contributed by atoms with van der Waals surface area (Å²) in [5.41, 5.74) is 0. The number of carbonyl (C=O) groups excluding carboxylic acids is 1. The molecule has 0 bridgehead atoms. The summed E-state index contributed by atoms with van der Waals surface area (Å²) in [4.78, 5) is 24.5. The highest BCUT2D eigenvalue weighted by Gasteiger charge is 2.32. The minimum absolute atomic E-state index is 0.0776. The van der Waals surface area contributed by atoms with Gasteiger partial charge in [0.2, 0.25) is 5.91 Å². The maximum Gasteiger partial charge on any atom is 0.305 e. The summed E-state index contributed by atoms with van der Waals surface area (Å²) in [6.45, 7) is 7.60. The van der Waals surface area contributed by atoms with Gasteiger partial charge in [0.25, 0.3) is 0 Å². The Labute approximate surface area is 102 Å². The van der Waals surface area contributed by atoms with Crippen LogP contribution in [0.2, 0.25) is 0 Å². The molecule has 1 heterocycles. The molecule has 98 valence electrons. The van der Waals surface area contributed by atoms with Crippen LogP contribution in [0.25, 0.3) is 0 Å². The van der Waals surface area contributed by atoms with Crippen LogP contribution in [-0.4, -0.2) is 47.1 Å². The van der Waals surface area contributed by atoms with Gasteiger partial charge in [0.1, 0.15) is 0 Å². The average molecular weight is 242 g/mol. The fourth-order valence-electron chi connectivity index (χ4n) is 2.04. The van der Waals surface area contributed by atoms with Gasteiger partial charge in [-0.15, -0.1) is 0 Å². The van der Waals surface area contributed by atoms with Gasteiger partial charge in [-0.3, -0.25) is 9.59 Å². The van der Waals surface area contributed by atoms with Gasteiger partial charge in [-0.25, -0.2) is 0 Å². The highest BCUT2D eigenvalue weighted by Crippen LogP contribution is 2.11. The SMILES string of the molecule is CC(C)CCN1CC(C)NC(CC(=O)O)C1=O. The van der Waals surface area contributed by atoms with Crippen LogP contribution in [0.15, 0.2) is 0 Å². The molecule has 2 unspecified atom stereocenters. The summed E-state index contributed by atoms with van der Waals surface area (Å²) in [6, 6.07) is -0.410. The molecule has 0 spiro atoms. The monoisotopic (exact) mass is 242 g/mol. The van der Waals surface area contributed by atoms with E-state index in [1.54, 1.807) is 4.90 Å². The second-order valence-corrected chi connectivity index (χ2v) is 5.18. The number of carboxylic acid groups (broad SMARTS) is 1. The number of aliphatic carboxylic acids is 1. The summed E-state index contributed by atoms with van der Waals surface area (Å²) in [7, 11) is 0. The summed E-state index contributed by atoms with van der Waals surface area (Å²) in [5.74, 6) is -0.467. The van der Waals surface area contributed by atoms with E-state index in [1.807, 2.05) is 6.92 Å². The van der Waals surface area contributed by atoms with Crippen molar-refractivity contribution in [1.29, 1.82) is 0 Å². The van der Waals surface area contributed by atoms with Crippen molar-refractivity contribution in [3.05, 3.63) is 0 Å². The molecule has 2 atom stereocenters. The number of nitrogens with one attached hydrogen (secondary N) is 1. The summed E-state index contributed by atoms with van der Waals surface area (Å²) >= 11 is 0. The molecule has 0 aliphatic carbocycles. The number of hydrogen-bond donors (Lipinski definition) is 2. The number of rotatable bonds is 5. The average Bonchev–Trinajstić information content (AvgIpc) is 2.19. The van der Waals surface area contributed by atoms with Crippen molar-refractivity contribution in [2.24, 2.45) is 5.92 Å². The molecule has 0 aromatic carbocycles. The Morgan fingerprint density at radius 3 is 2.76 bits per heavy atom. The number of amides is 1. The molecular weight excluding hydrogens is 220 g/mol. The highest BCUT2D eigenvalue weighted by atomic mass is 16.4. The van der Waals surface area contributed by atoms with Gasteiger partial charge < -0.3 is 15.3 Å². The summed E-state index contributed by atoms with van der Waals surface area (Å²) < 4.78 is 0. The van der Waals surface area contributed by atoms with E-state index < -0.39 is 12.0 Å². The molecule has 0 radical (unpaired) electrons. The van der Waals surface area contributed by atoms with Gasteiger partial charge in [0.15, 0.2) is 0 Å². The molecule has 1 fully saturated rings. The molecule has 5 nitrogen and oxygen atoms in total. The molecule has 1 aliphatic heterocycles. The number of hydrogen-bond acceptors (Lipinski definition) is 3. The van der Waals surface area contributed by atoms with Gasteiger partial charge in [0, 0.05) is 19.1 Å². The van der Waals surface area contributed by atoms with E-state index in [9.17, 15) is 9.59 Å². The van der Waals surface area contributed by atoms with Crippen LogP contribution >= 0.6 is 0 Å². The first kappa shape index (κ1) is 14.0. The molecule has 1 saturated heterocycles. The maximum absolute atomic E-state index is 12.0. The van der Waals surface area contributed by atoms with E-state index in [4.69, 9.17) is 5.11 Å². The predicted octanol–water partition coefficient (Wildman–Crippen LogP) is 0.696. The van der Waals surface area contributed by atoms with E-state index in [-0.39, 0.29) is 18.4 Å². The maximum atomic E-state index is 12.0. The molecule has 1 amide bonds. The Kier molecular flexibility index (Phi) is 4.93. The van der Waals surface area contributed by atoms with Crippen LogP contribution in [0.5, 0.6) is 0 Å². The Hall–Kier alpha value is -1.10. The number of nitrogens with zero attached hydrogens (tertiary/aromatic N) is 1. The van der Waals surface area contributed by atoms with Crippen LogP contribution in [-0.2, 0) is 9.59 Å². The molecule has 0 aromatic heterocycles. The van der Waals surface area contributed by atoms with Crippen LogP contribution in [0.4, 0.5) is 0 Å². The van der Waals surface area contributed by atoms with Crippen molar-refractivity contribution >= 4 is 11.9 Å². The molecule has 2 N–H and O–H groups in total. The third-order valence-corrected chi connectivity index (χ3v) is 2.94. The van der Waals surface area contributed by atoms with Crippen molar-refractivity contribution in [3.8, 4) is 0 Å². The fourth-order valence-corrected chi connectivity index (χ4v) is 2.04. The molecule has 5 heteroatoms. The van der Waals surface area contributed by atoms with Crippen LogP contribution in [0.3, 0.4) is 0 Å². The van der Waals surface area contributed by atoms with E-state index in [0.717, 1.165) is 13.0 Å². The van der Waals surface area contributed by atoms with Gasteiger partial charge in [-0.05, 0) is 19.3 Å². The normalized spacial score (nSPS) is 25.4. The Balaban J connectivity index is 2.58. The molecule has 1 rings (SSSR count). The van der Waals surface area contributed by atoms with E-state index in [0.29, 0.717) is 12.5 Å². The quantitative estimate of drug-likeness (QED) is 0.744. The lowest BCUT2D eigenvalue weighted by atomic mass is 10.0. The van der Waals surface area contributed by atoms with Gasteiger partial charge in [0.05, 0.1) is 12.5 Å². The number of carbonyl (C=O) groups is 2. The smallest absolute Gasteiger partial charge is 0.305 e. The first-order valence-corrected chi connectivity index (χ1v) is 6.16. The van der Waals surface area contributed by atoms with E-state index in [1.165, 1.54) is 0 Å². The molecular formula is C12H22N2O3. The molecule has 0 aromatic rings. The minimum Gasteiger partial charge on any atom is -0.481 e. The topological polar surface area (TPSA) is 69.6 Å². The molecule has 1 aliphatic rings. The largest absolute Gasteiger partial charge is 0.481 e. The van der Waals surface area contributed by atoms with Crippen molar-refractivity contribution < 1.29 is 14.7 Å². The van der Waals surface area contributed by atoms with Gasteiger partial charge in [-0.1, -0.05) is 13.8 Å². The van der Waals surface area contributed by atoms with Crippen LogP contribution in [0.1, 0.15) is 33.6 Å². The number of carboxylic acids is 1. The lowest BCUT2D eigenvalue weighted by molar-refractivity contribution is -0.144. The zero-order chi connectivity index (χ0) is 13.0. The van der Waals surface area contributed by atoms with Crippen molar-refractivity contribution in [3.63, 3.8) is 0 Å². The lowest BCUT2D eigenvalue weighted by Crippen LogP contribution is -2.59. The second-order valence-electron chi connectivity index (χ2n) is 5.18. The van der Waals surface area contributed by atoms with Gasteiger partial charge in [-0.2, -0.15) is 0 Å². The first-order valence-electron chi connectivity index (χ1n) is 6.16. The Bertz CT molecular complexity index is 291. The third kappa shape index (κ3) is 4.34. The van der Waals surface area contributed by atoms with Crippen molar-refractivity contribution in [2.45, 2.75) is 45.7 Å². The van der Waals surface area contributed by atoms with Crippen LogP contribution in [0, 0.1) is 5.92 Å². The van der Waals surface area contributed by atoms with Crippen molar-refractivity contribution in [2.75, 3.05) is 13.1 Å². The summed E-state index contributed by atoms with van der Waals surface area (Å²) in [6.07, 6.45) is 0.819. The zero-order valence-corrected chi connectivity index (χ0v) is 10.8. The Morgan fingerprint density at radius 2 is 2.24 bits per heavy atom. The van der Waals surface area contributed by atoms with E-state index in [2.05, 4.69) is 19.2 Å². The van der Waals surface area contributed by atoms with Gasteiger partial charge >= 0.3 is 5.97 Å². The predicted molar refractivity (Wildman–Crippen MR) is 64.7 cm³/mol. The highest BCUT2D eigenvalue weighted by molar-refractivity contribution is 5.87. The molecule has 17 heavy (non-hydrogen) atoms. The Morgan fingerprint density at radius 1 is 1.59 bits per heavy atom. The van der Waals surface area contributed by atoms with Crippen LogP contribution < -0.4 is 5.32 Å². The second kappa shape index (κ2) is 6.00. The molecule has 0 saturated carbocycles. The lowest BCUT2D eigenvalue weighted by Gasteiger charge is -2.37. The zero-order valence-electron chi connectivity index (χ0n) is 10.8. The first-order chi connectivity index (χ1) is 7.90. The van der Waals surface area contributed by atoms with E-state index >= 15 is 0 Å². The standard InChI is InChI=1S/C12H22N2O3/c1-8(2)4-5-14-7-9(3)13-10(12(14)17)6-11(15)16/h8-10,13H,4-7H2,1-3H3,(H,15,16). The van der Waals surface area contributed by atoms with Crippen molar-refractivity contribution in [1.82, 2.24) is 10.2 Å².